The summed E-state index contributed by atoms with van der Waals surface area (Å²) in [6, 6.07) is 28.2. The Kier molecular flexibility index (Phi) is 18.3. The third-order valence-electron chi connectivity index (χ3n) is 17.3. The first-order chi connectivity index (χ1) is 36.4. The minimum absolute atomic E-state index is 0.0402. The van der Waals surface area contributed by atoms with Gasteiger partial charge >= 0.3 is 0 Å². The first kappa shape index (κ1) is 56.4. The van der Waals surface area contributed by atoms with Crippen LogP contribution < -0.4 is 16.4 Å². The molecule has 2 heterocycles. The average Bonchev–Trinajstić information content (AvgIpc) is 3.76. The second-order valence-electron chi connectivity index (χ2n) is 22.8. The minimum Gasteiger partial charge on any atom is -0.508 e. The number of amides is 1. The highest BCUT2D eigenvalue weighted by atomic mass is 16.3. The van der Waals surface area contributed by atoms with Gasteiger partial charge in [0.1, 0.15) is 18.0 Å². The molecular weight excluding hydrogens is 951 g/mol. The molecule has 0 aromatic heterocycles. The van der Waals surface area contributed by atoms with Crippen molar-refractivity contribution in [2.45, 2.75) is 147 Å². The molecule has 8 rings (SSSR count). The van der Waals surface area contributed by atoms with Crippen molar-refractivity contribution in [2.75, 3.05) is 13.2 Å². The Labute approximate surface area is 450 Å². The van der Waals surface area contributed by atoms with Crippen molar-refractivity contribution >= 4 is 11.7 Å². The van der Waals surface area contributed by atoms with Crippen molar-refractivity contribution in [3.63, 3.8) is 0 Å². The van der Waals surface area contributed by atoms with Gasteiger partial charge in [0.2, 0.25) is 5.91 Å². The summed E-state index contributed by atoms with van der Waals surface area (Å²) in [5.74, 6) is -1.72. The molecule has 0 saturated heterocycles. The summed E-state index contributed by atoms with van der Waals surface area (Å²) < 4.78 is 0. The molecule has 2 aliphatic heterocycles. The Morgan fingerprint density at radius 2 is 1.62 bits per heavy atom. The molecule has 4 aromatic carbocycles. The van der Waals surface area contributed by atoms with Crippen LogP contribution in [0.25, 0.3) is 0 Å². The van der Waals surface area contributed by atoms with Crippen LogP contribution in [0.2, 0.25) is 0 Å². The summed E-state index contributed by atoms with van der Waals surface area (Å²) in [6.07, 6.45) is 10.1. The number of benzene rings is 4. The van der Waals surface area contributed by atoms with Crippen molar-refractivity contribution in [2.24, 2.45) is 28.9 Å². The zero-order valence-corrected chi connectivity index (χ0v) is 45.0. The molecule has 2 saturated carbocycles. The number of carbonyl (C=O) groups excluding carboxylic acids is 2. The minimum atomic E-state index is -1.37. The molecule has 2 fully saturated rings. The lowest BCUT2D eigenvalue weighted by Gasteiger charge is -2.56. The zero-order chi connectivity index (χ0) is 54.3. The first-order valence-corrected chi connectivity index (χ1v) is 27.5. The number of phenolic OH excluding ortho intramolecular Hbond substituents is 1. The number of aliphatic hydroxyl groups excluding tert-OH is 4. The van der Waals surface area contributed by atoms with Crippen LogP contribution in [0.5, 0.6) is 5.75 Å². The number of aromatic hydroxyl groups is 1. The van der Waals surface area contributed by atoms with Crippen LogP contribution in [0.4, 0.5) is 0 Å². The normalized spacial score (nSPS) is 29.6. The van der Waals surface area contributed by atoms with Crippen molar-refractivity contribution in [3.8, 4) is 5.75 Å². The molecule has 404 valence electrons. The topological polar surface area (TPSA) is 206 Å². The maximum Gasteiger partial charge on any atom is 0.243 e. The molecule has 11 heteroatoms. The summed E-state index contributed by atoms with van der Waals surface area (Å²) >= 11 is 0. The van der Waals surface area contributed by atoms with E-state index < -0.39 is 53.4 Å². The maximum absolute atomic E-state index is 15.0. The van der Waals surface area contributed by atoms with Crippen molar-refractivity contribution in [3.05, 3.63) is 194 Å². The number of fused-ring (bicyclic) bond motifs is 4. The lowest BCUT2D eigenvalue weighted by molar-refractivity contribution is -0.168. The van der Waals surface area contributed by atoms with Crippen LogP contribution in [0.3, 0.4) is 0 Å². The number of β-amino-alcohol motifs (C(OH)–C–C–N with tert-alkyl or cyclic N) is 1. The van der Waals surface area contributed by atoms with Gasteiger partial charge < -0.3 is 41.7 Å². The summed E-state index contributed by atoms with van der Waals surface area (Å²) in [7, 11) is 0. The number of nitrogens with two attached hydrogens (primary N) is 1. The van der Waals surface area contributed by atoms with Gasteiger partial charge in [-0.1, -0.05) is 126 Å². The number of Topliss-reactive ketones (excluding diaryl/α,β-unsaturated/α-hetero) is 1. The molecule has 0 radical (unpaired) electrons. The van der Waals surface area contributed by atoms with Crippen LogP contribution in [0, 0.1) is 23.2 Å². The number of hydrogen-bond acceptors (Lipinski definition) is 10. The molecule has 4 aromatic rings. The molecule has 10 atom stereocenters. The lowest BCUT2D eigenvalue weighted by Crippen LogP contribution is -2.59. The Morgan fingerprint density at radius 1 is 0.882 bits per heavy atom. The fourth-order valence-corrected chi connectivity index (χ4v) is 13.3. The monoisotopic (exact) mass is 1030 g/mol. The number of allylic oxidation sites excluding steroid dienone is 8. The van der Waals surface area contributed by atoms with Crippen LogP contribution >= 0.6 is 0 Å². The number of carbonyl (C=O) groups is 2. The van der Waals surface area contributed by atoms with E-state index in [1.807, 2.05) is 80.6 Å². The van der Waals surface area contributed by atoms with Gasteiger partial charge in [-0.05, 0) is 184 Å². The van der Waals surface area contributed by atoms with Gasteiger partial charge in [0.25, 0.3) is 0 Å². The Balaban J connectivity index is 1.21. The van der Waals surface area contributed by atoms with E-state index in [4.69, 9.17) is 5.73 Å². The predicted molar refractivity (Wildman–Crippen MR) is 300 cm³/mol. The van der Waals surface area contributed by atoms with Crippen molar-refractivity contribution in [1.29, 1.82) is 0 Å². The van der Waals surface area contributed by atoms with E-state index in [9.17, 15) is 35.4 Å². The van der Waals surface area contributed by atoms with E-state index in [1.165, 1.54) is 5.57 Å². The first-order valence-electron chi connectivity index (χ1n) is 27.5. The molecule has 1 spiro atoms. The Hall–Kier alpha value is -5.76. The standard InChI is InChI=1S/C65H81N3O8/c1-40(2)12-9-13-41(3)14-10-18-49(39-69)54-27-29-65(61(54)74)56-25-24-52(71)36-47-32-45(30-43-15-7-6-8-16-43)31-46(33-47)35-50(34-44-20-22-51(70)23-21-44)58(73)38-67-60-59-48(17-11-19-55(59)62(66)68-63(60)75)37-57(72)42(4)53(56)26-28-64(65,5)76/h6-8,10-12,14-23,31-33,50,52,54,56,58,60-62,67,69-71,73-74,76H,3,9,13,24-30,34-39,66H2,1-2,4-5H3,(H,68,75)/b14-10+,49-18-,53-42+/t50-,52-,54+,56+,58+,60+,61+,62-,64+,65+/m0/s1. The molecule has 0 unspecified atom stereocenters. The maximum atomic E-state index is 15.0. The second kappa shape index (κ2) is 24.7. The van der Waals surface area contributed by atoms with Gasteiger partial charge in [0, 0.05) is 24.3 Å². The number of ketones is 1. The van der Waals surface area contributed by atoms with Gasteiger partial charge in [-0.25, -0.2) is 0 Å². The fourth-order valence-electron chi connectivity index (χ4n) is 13.3. The highest BCUT2D eigenvalue weighted by Gasteiger charge is 2.64. The Morgan fingerprint density at radius 3 is 2.34 bits per heavy atom. The average molecular weight is 1030 g/mol. The van der Waals surface area contributed by atoms with Gasteiger partial charge in [-0.2, -0.15) is 0 Å². The molecule has 1 amide bonds. The SMILES string of the molecule is C=C(/C=C/C=C(/CO)[C@H]1CC[C@@]2([C@@H]3CC[C@H](O)Cc4cc(Cc5ccccc5)cc(c4)C[C@H](Cc4ccc(O)cc4)[C@H](O)CN[C@H]4C(=O)N[C@H](N)c5cccc(c54)CC(=O)/C(C)=C/3CC[C@@]2(C)O)[C@@H]1O)CCC=C(C)C. The quantitative estimate of drug-likeness (QED) is 0.0515. The number of hydrogen-bond donors (Lipinski definition) is 9. The van der Waals surface area contributed by atoms with E-state index in [2.05, 4.69) is 67.5 Å². The van der Waals surface area contributed by atoms with Crippen LogP contribution in [-0.2, 0) is 41.7 Å². The Bertz CT molecular complexity index is 2840. The lowest BCUT2D eigenvalue weighted by atomic mass is 9.52. The number of aliphatic hydroxyl groups is 5. The van der Waals surface area contributed by atoms with Crippen molar-refractivity contribution in [1.82, 2.24) is 10.6 Å². The van der Waals surface area contributed by atoms with Gasteiger partial charge in [-0.15, -0.1) is 0 Å². The molecule has 11 nitrogen and oxygen atoms in total. The molecule has 2 aliphatic carbocycles. The van der Waals surface area contributed by atoms with E-state index in [0.717, 1.165) is 51.8 Å². The highest BCUT2D eigenvalue weighted by molar-refractivity contribution is 5.98. The van der Waals surface area contributed by atoms with Gasteiger partial charge in [0.15, 0.2) is 5.78 Å². The van der Waals surface area contributed by atoms with Crippen LogP contribution in [-0.4, -0.2) is 79.4 Å². The number of rotatable bonds is 11. The van der Waals surface area contributed by atoms with E-state index in [0.29, 0.717) is 92.0 Å². The largest absolute Gasteiger partial charge is 0.508 e. The van der Waals surface area contributed by atoms with Crippen LogP contribution in [0.1, 0.15) is 136 Å². The van der Waals surface area contributed by atoms with Gasteiger partial charge in [0.05, 0.1) is 30.5 Å². The molecule has 10 N–H and O–H groups in total. The van der Waals surface area contributed by atoms with E-state index >= 15 is 4.79 Å². The summed E-state index contributed by atoms with van der Waals surface area (Å²) in [5.41, 5.74) is 15.3. The highest BCUT2D eigenvalue weighted by Crippen LogP contribution is 2.63. The predicted octanol–water partition coefficient (Wildman–Crippen LogP) is 8.98. The number of phenols is 1. The van der Waals surface area contributed by atoms with Crippen LogP contribution in [0.15, 0.2) is 150 Å². The smallest absolute Gasteiger partial charge is 0.243 e. The summed E-state index contributed by atoms with van der Waals surface area (Å²) in [4.78, 5) is 29.1. The molecule has 4 aliphatic rings. The van der Waals surface area contributed by atoms with Crippen molar-refractivity contribution < 1.29 is 40.2 Å². The van der Waals surface area contributed by atoms with Gasteiger partial charge in [-0.3, -0.25) is 14.9 Å². The molecule has 2 bridgehead atoms. The zero-order valence-electron chi connectivity index (χ0n) is 45.0. The third kappa shape index (κ3) is 12.8. The molecular formula is C65H81N3O8. The fraction of sp³-hybridized carbons (Fsp3) is 0.446. The third-order valence-corrected chi connectivity index (χ3v) is 17.3. The summed E-state index contributed by atoms with van der Waals surface area (Å²) in [5, 5.41) is 77.6. The number of nitrogens with one attached hydrogen (secondary N) is 2. The molecule has 76 heavy (non-hydrogen) atoms. The second-order valence-corrected chi connectivity index (χ2v) is 22.8. The van der Waals surface area contributed by atoms with E-state index in [-0.39, 0.29) is 42.9 Å². The van der Waals surface area contributed by atoms with E-state index in [1.54, 1.807) is 12.1 Å². The summed E-state index contributed by atoms with van der Waals surface area (Å²) in [6.45, 7) is 11.8.